The van der Waals surface area contributed by atoms with Crippen molar-refractivity contribution in [3.63, 3.8) is 0 Å². The molecule has 6 nitrogen and oxygen atoms in total. The summed E-state index contributed by atoms with van der Waals surface area (Å²) in [7, 11) is 1.65. The van der Waals surface area contributed by atoms with Gasteiger partial charge in [-0.3, -0.25) is 0 Å². The van der Waals surface area contributed by atoms with Crippen LogP contribution in [0.5, 0.6) is 5.75 Å². The summed E-state index contributed by atoms with van der Waals surface area (Å²) >= 11 is 0. The first kappa shape index (κ1) is 19.3. The van der Waals surface area contributed by atoms with Crippen LogP contribution in [0.15, 0.2) is 30.5 Å². The minimum Gasteiger partial charge on any atom is -0.497 e. The number of likely N-dealkylation sites (tertiary alicyclic amines) is 1. The van der Waals surface area contributed by atoms with Crippen molar-refractivity contribution in [2.45, 2.75) is 46.2 Å². The van der Waals surface area contributed by atoms with Gasteiger partial charge in [0.1, 0.15) is 11.6 Å². The number of nitrogens with zero attached hydrogens (tertiary/aromatic N) is 3. The van der Waals surface area contributed by atoms with E-state index in [0.29, 0.717) is 18.5 Å². The van der Waals surface area contributed by atoms with Crippen molar-refractivity contribution in [1.82, 2.24) is 19.8 Å². The maximum atomic E-state index is 12.5. The number of aryl methyl sites for hydroxylation is 1. The van der Waals surface area contributed by atoms with E-state index >= 15 is 0 Å². The number of carbonyl (C=O) groups excluding carboxylic acids is 1. The monoisotopic (exact) mass is 370 g/mol. The van der Waals surface area contributed by atoms with Crippen molar-refractivity contribution >= 4 is 6.03 Å². The topological polar surface area (TPSA) is 59.4 Å². The van der Waals surface area contributed by atoms with Crippen molar-refractivity contribution in [3.8, 4) is 5.75 Å². The minimum atomic E-state index is 0.0108. The average molecular weight is 370 g/mol. The summed E-state index contributed by atoms with van der Waals surface area (Å²) in [5, 5.41) is 3.02. The van der Waals surface area contributed by atoms with Gasteiger partial charge in [-0.25, -0.2) is 9.78 Å². The molecule has 27 heavy (non-hydrogen) atoms. The molecule has 2 heterocycles. The number of benzene rings is 1. The first-order valence-electron chi connectivity index (χ1n) is 9.66. The summed E-state index contributed by atoms with van der Waals surface area (Å²) in [5.41, 5.74) is 2.27. The van der Waals surface area contributed by atoms with E-state index in [1.807, 2.05) is 35.4 Å². The zero-order chi connectivity index (χ0) is 19.4. The Bertz CT molecular complexity index is 767. The van der Waals surface area contributed by atoms with Crippen molar-refractivity contribution in [2.24, 2.45) is 5.92 Å². The van der Waals surface area contributed by atoms with Crippen LogP contribution in [-0.2, 0) is 13.0 Å². The smallest absolute Gasteiger partial charge is 0.317 e. The van der Waals surface area contributed by atoms with Crippen LogP contribution >= 0.6 is 0 Å². The Balaban J connectivity index is 1.50. The Morgan fingerprint density at radius 2 is 2.07 bits per heavy atom. The molecule has 146 valence electrons. The number of imidazole rings is 1. The van der Waals surface area contributed by atoms with Gasteiger partial charge in [0.25, 0.3) is 0 Å². The number of carbonyl (C=O) groups is 1. The molecule has 2 aromatic rings. The van der Waals surface area contributed by atoms with Crippen LogP contribution in [0.2, 0.25) is 0 Å². The number of aromatic nitrogens is 2. The van der Waals surface area contributed by atoms with Crippen LogP contribution in [0.3, 0.4) is 0 Å². The van der Waals surface area contributed by atoms with Crippen molar-refractivity contribution in [1.29, 1.82) is 0 Å². The number of ether oxygens (including phenoxy) is 1. The number of hydrogen-bond donors (Lipinski definition) is 1. The first-order chi connectivity index (χ1) is 13.0. The van der Waals surface area contributed by atoms with Gasteiger partial charge < -0.3 is 19.5 Å². The third kappa shape index (κ3) is 4.62. The fourth-order valence-electron chi connectivity index (χ4n) is 3.83. The summed E-state index contributed by atoms with van der Waals surface area (Å²) in [6.45, 7) is 8.60. The molecule has 0 aliphatic carbocycles. The van der Waals surface area contributed by atoms with E-state index < -0.39 is 0 Å². The first-order valence-corrected chi connectivity index (χ1v) is 9.66. The van der Waals surface area contributed by atoms with Crippen molar-refractivity contribution in [3.05, 3.63) is 47.5 Å². The minimum absolute atomic E-state index is 0.0108. The summed E-state index contributed by atoms with van der Waals surface area (Å²) in [6, 6.07) is 8.18. The van der Waals surface area contributed by atoms with Crippen molar-refractivity contribution < 1.29 is 9.53 Å². The molecule has 6 heteroatoms. The maximum Gasteiger partial charge on any atom is 0.317 e. The molecule has 1 aliphatic heterocycles. The van der Waals surface area contributed by atoms with E-state index in [-0.39, 0.29) is 6.03 Å². The maximum absolute atomic E-state index is 12.5. The van der Waals surface area contributed by atoms with Gasteiger partial charge in [0, 0.05) is 44.0 Å². The van der Waals surface area contributed by atoms with Gasteiger partial charge in [-0.1, -0.05) is 12.1 Å². The van der Waals surface area contributed by atoms with Gasteiger partial charge in [-0.05, 0) is 50.8 Å². The van der Waals surface area contributed by atoms with E-state index in [1.165, 1.54) is 5.69 Å². The average Bonchev–Trinajstić information content (AvgIpc) is 3.27. The van der Waals surface area contributed by atoms with Gasteiger partial charge in [0.15, 0.2) is 0 Å². The van der Waals surface area contributed by atoms with Gasteiger partial charge in [0.2, 0.25) is 0 Å². The SMILES string of the molecule is COc1ccc(CNC(=O)N2CCC(Cc3ncc(C)n3C(C)C)C2)cc1. The van der Waals surface area contributed by atoms with Gasteiger partial charge in [0.05, 0.1) is 7.11 Å². The number of methoxy groups -OCH3 is 1. The predicted octanol–water partition coefficient (Wildman–Crippen LogP) is 3.56. The fourth-order valence-corrected chi connectivity index (χ4v) is 3.83. The highest BCUT2D eigenvalue weighted by Gasteiger charge is 2.27. The lowest BCUT2D eigenvalue weighted by molar-refractivity contribution is 0.206. The number of rotatable bonds is 6. The summed E-state index contributed by atoms with van der Waals surface area (Å²) in [4.78, 5) is 19.0. The molecule has 1 aliphatic rings. The van der Waals surface area contributed by atoms with E-state index in [0.717, 1.165) is 43.1 Å². The molecule has 3 rings (SSSR count). The lowest BCUT2D eigenvalue weighted by Gasteiger charge is -2.19. The summed E-state index contributed by atoms with van der Waals surface area (Å²) in [6.07, 6.45) is 3.90. The van der Waals surface area contributed by atoms with Crippen molar-refractivity contribution in [2.75, 3.05) is 20.2 Å². The Kier molecular flexibility index (Phi) is 6.04. The second-order valence-corrected chi connectivity index (χ2v) is 7.59. The molecule has 1 atom stereocenters. The summed E-state index contributed by atoms with van der Waals surface area (Å²) in [5.74, 6) is 2.42. The fraction of sp³-hybridized carbons (Fsp3) is 0.524. The lowest BCUT2D eigenvalue weighted by Crippen LogP contribution is -2.38. The molecule has 1 N–H and O–H groups in total. The molecule has 0 saturated carbocycles. The second-order valence-electron chi connectivity index (χ2n) is 7.59. The van der Waals surface area contributed by atoms with E-state index in [2.05, 4.69) is 35.6 Å². The Labute approximate surface area is 161 Å². The molecule has 0 spiro atoms. The Morgan fingerprint density at radius 1 is 1.33 bits per heavy atom. The molecule has 0 bridgehead atoms. The van der Waals surface area contributed by atoms with E-state index in [9.17, 15) is 4.79 Å². The summed E-state index contributed by atoms with van der Waals surface area (Å²) < 4.78 is 7.46. The van der Waals surface area contributed by atoms with Crippen LogP contribution in [0.4, 0.5) is 4.79 Å². The zero-order valence-electron chi connectivity index (χ0n) is 16.7. The highest BCUT2D eigenvalue weighted by atomic mass is 16.5. The standard InChI is InChI=1S/C21H30N4O2/c1-15(2)25-16(3)12-22-20(25)11-18-9-10-24(14-18)21(26)23-13-17-5-7-19(27-4)8-6-17/h5-8,12,15,18H,9-11,13-14H2,1-4H3,(H,23,26). The molecule has 0 radical (unpaired) electrons. The number of urea groups is 1. The molecule has 1 aromatic heterocycles. The van der Waals surface area contributed by atoms with Gasteiger partial charge >= 0.3 is 6.03 Å². The third-order valence-electron chi connectivity index (χ3n) is 5.22. The molecule has 1 aromatic carbocycles. The van der Waals surface area contributed by atoms with Crippen LogP contribution in [0, 0.1) is 12.8 Å². The Hall–Kier alpha value is -2.50. The van der Waals surface area contributed by atoms with Crippen LogP contribution in [0.25, 0.3) is 0 Å². The predicted molar refractivity (Wildman–Crippen MR) is 106 cm³/mol. The molecular formula is C21H30N4O2. The molecule has 1 fully saturated rings. The number of hydrogen-bond acceptors (Lipinski definition) is 3. The van der Waals surface area contributed by atoms with Crippen LogP contribution in [-0.4, -0.2) is 40.7 Å². The van der Waals surface area contributed by atoms with E-state index in [1.54, 1.807) is 7.11 Å². The van der Waals surface area contributed by atoms with Crippen LogP contribution in [0.1, 0.15) is 43.4 Å². The lowest BCUT2D eigenvalue weighted by atomic mass is 10.0. The van der Waals surface area contributed by atoms with Crippen LogP contribution < -0.4 is 10.1 Å². The van der Waals surface area contributed by atoms with Gasteiger partial charge in [-0.2, -0.15) is 0 Å². The quantitative estimate of drug-likeness (QED) is 0.846. The van der Waals surface area contributed by atoms with Gasteiger partial charge in [-0.15, -0.1) is 0 Å². The normalized spacial score (nSPS) is 16.8. The Morgan fingerprint density at radius 3 is 2.74 bits per heavy atom. The second kappa shape index (κ2) is 8.46. The zero-order valence-corrected chi connectivity index (χ0v) is 16.7. The largest absolute Gasteiger partial charge is 0.497 e. The third-order valence-corrected chi connectivity index (χ3v) is 5.22. The van der Waals surface area contributed by atoms with E-state index in [4.69, 9.17) is 4.74 Å². The molecule has 1 unspecified atom stereocenters. The molecule has 1 saturated heterocycles. The number of amides is 2. The highest BCUT2D eigenvalue weighted by Crippen LogP contribution is 2.23. The highest BCUT2D eigenvalue weighted by molar-refractivity contribution is 5.74. The molecule has 2 amide bonds. The number of nitrogens with one attached hydrogen (secondary N) is 1. The molecular weight excluding hydrogens is 340 g/mol.